The zero-order valence-corrected chi connectivity index (χ0v) is 11.8. The maximum Gasteiger partial charge on any atom is 0.262 e. The summed E-state index contributed by atoms with van der Waals surface area (Å²) in [5, 5.41) is 2.99. The number of nitrogens with zero attached hydrogens (tertiary/aromatic N) is 1. The molecular formula is C12H16BrN3O2. The smallest absolute Gasteiger partial charge is 0.262 e. The molecule has 1 aromatic heterocycles. The monoisotopic (exact) mass is 313 g/mol. The Labute approximate surface area is 114 Å². The third kappa shape index (κ3) is 3.20. The number of carbonyl (C=O) groups excluding carboxylic acids is 1. The number of aromatic amines is 1. The van der Waals surface area contributed by atoms with Crippen LogP contribution in [0.3, 0.4) is 0 Å². The van der Waals surface area contributed by atoms with E-state index in [2.05, 4.69) is 38.2 Å². The first-order valence-electron chi connectivity index (χ1n) is 5.94. The SMILES string of the molecule is CN1CCC(NC(=O)c2c[nH]c(=O)c(Br)c2)CC1. The molecule has 2 heterocycles. The number of amides is 1. The van der Waals surface area contributed by atoms with Crippen LogP contribution < -0.4 is 10.9 Å². The number of nitrogens with one attached hydrogen (secondary N) is 2. The van der Waals surface area contributed by atoms with Crippen molar-refractivity contribution < 1.29 is 4.79 Å². The third-order valence-electron chi connectivity index (χ3n) is 3.17. The van der Waals surface area contributed by atoms with Crippen LogP contribution in [0.4, 0.5) is 0 Å². The van der Waals surface area contributed by atoms with Crippen molar-refractivity contribution >= 4 is 21.8 Å². The van der Waals surface area contributed by atoms with Gasteiger partial charge in [0.15, 0.2) is 0 Å². The summed E-state index contributed by atoms with van der Waals surface area (Å²) in [6, 6.07) is 1.77. The third-order valence-corrected chi connectivity index (χ3v) is 3.76. The molecule has 0 aliphatic carbocycles. The van der Waals surface area contributed by atoms with E-state index in [9.17, 15) is 9.59 Å². The average Bonchev–Trinajstić information content (AvgIpc) is 2.35. The van der Waals surface area contributed by atoms with Gasteiger partial charge in [-0.2, -0.15) is 0 Å². The van der Waals surface area contributed by atoms with Crippen LogP contribution in [0.15, 0.2) is 21.5 Å². The minimum absolute atomic E-state index is 0.137. The van der Waals surface area contributed by atoms with Crippen LogP contribution in [0.25, 0.3) is 0 Å². The van der Waals surface area contributed by atoms with Gasteiger partial charge in [-0.05, 0) is 55.0 Å². The molecule has 1 saturated heterocycles. The highest BCUT2D eigenvalue weighted by molar-refractivity contribution is 9.10. The lowest BCUT2D eigenvalue weighted by atomic mass is 10.1. The van der Waals surface area contributed by atoms with Crippen molar-refractivity contribution in [3.05, 3.63) is 32.7 Å². The van der Waals surface area contributed by atoms with Gasteiger partial charge in [0, 0.05) is 12.2 Å². The van der Waals surface area contributed by atoms with Gasteiger partial charge in [-0.3, -0.25) is 9.59 Å². The van der Waals surface area contributed by atoms with Gasteiger partial charge in [0.2, 0.25) is 0 Å². The van der Waals surface area contributed by atoms with Crippen LogP contribution in [-0.4, -0.2) is 42.0 Å². The quantitative estimate of drug-likeness (QED) is 0.855. The Morgan fingerprint density at radius 2 is 2.17 bits per heavy atom. The van der Waals surface area contributed by atoms with Gasteiger partial charge in [-0.15, -0.1) is 0 Å². The second-order valence-corrected chi connectivity index (χ2v) is 5.47. The van der Waals surface area contributed by atoms with Gasteiger partial charge < -0.3 is 15.2 Å². The normalized spacial score (nSPS) is 17.7. The highest BCUT2D eigenvalue weighted by Crippen LogP contribution is 2.10. The average molecular weight is 314 g/mol. The first-order valence-corrected chi connectivity index (χ1v) is 6.73. The molecule has 0 atom stereocenters. The van der Waals surface area contributed by atoms with E-state index in [-0.39, 0.29) is 17.5 Å². The summed E-state index contributed by atoms with van der Waals surface area (Å²) in [7, 11) is 2.08. The van der Waals surface area contributed by atoms with E-state index in [1.165, 1.54) is 6.20 Å². The van der Waals surface area contributed by atoms with Gasteiger partial charge in [0.1, 0.15) is 0 Å². The lowest BCUT2D eigenvalue weighted by molar-refractivity contribution is 0.0916. The minimum Gasteiger partial charge on any atom is -0.349 e. The molecule has 6 heteroatoms. The predicted molar refractivity (Wildman–Crippen MR) is 72.7 cm³/mol. The molecule has 1 amide bonds. The fourth-order valence-corrected chi connectivity index (χ4v) is 2.37. The highest BCUT2D eigenvalue weighted by Gasteiger charge is 2.19. The Morgan fingerprint density at radius 1 is 1.50 bits per heavy atom. The zero-order valence-electron chi connectivity index (χ0n) is 10.2. The largest absolute Gasteiger partial charge is 0.349 e. The van der Waals surface area contributed by atoms with Crippen LogP contribution in [-0.2, 0) is 0 Å². The summed E-state index contributed by atoms with van der Waals surface area (Å²) in [5.74, 6) is -0.137. The fourth-order valence-electron chi connectivity index (χ4n) is 2.01. The zero-order chi connectivity index (χ0) is 13.1. The number of hydrogen-bond donors (Lipinski definition) is 2. The molecule has 0 saturated carbocycles. The minimum atomic E-state index is -0.231. The molecule has 2 N–H and O–H groups in total. The van der Waals surface area contributed by atoms with Gasteiger partial charge in [-0.25, -0.2) is 0 Å². The summed E-state index contributed by atoms with van der Waals surface area (Å²) in [5.41, 5.74) is 0.242. The summed E-state index contributed by atoms with van der Waals surface area (Å²) in [6.07, 6.45) is 3.37. The Kier molecular flexibility index (Phi) is 4.19. The fraction of sp³-hybridized carbons (Fsp3) is 0.500. The molecule has 2 rings (SSSR count). The summed E-state index contributed by atoms with van der Waals surface area (Å²) >= 11 is 3.12. The van der Waals surface area contributed by atoms with Crippen molar-refractivity contribution in [3.63, 3.8) is 0 Å². The van der Waals surface area contributed by atoms with Crippen molar-refractivity contribution in [2.75, 3.05) is 20.1 Å². The van der Waals surface area contributed by atoms with Crippen LogP contribution >= 0.6 is 15.9 Å². The Balaban J connectivity index is 1.99. The van der Waals surface area contributed by atoms with Crippen LogP contribution in [0.1, 0.15) is 23.2 Å². The number of likely N-dealkylation sites (tertiary alicyclic amines) is 1. The molecule has 0 radical (unpaired) electrons. The molecule has 0 spiro atoms. The number of piperidine rings is 1. The first kappa shape index (κ1) is 13.3. The predicted octanol–water partition coefficient (Wildman–Crippen LogP) is 0.961. The number of carbonyl (C=O) groups is 1. The Morgan fingerprint density at radius 3 is 2.78 bits per heavy atom. The second kappa shape index (κ2) is 5.67. The molecular weight excluding hydrogens is 298 g/mol. The van der Waals surface area contributed by atoms with E-state index >= 15 is 0 Å². The first-order chi connectivity index (χ1) is 8.56. The second-order valence-electron chi connectivity index (χ2n) is 4.62. The van der Waals surface area contributed by atoms with Crippen LogP contribution in [0, 0.1) is 0 Å². The molecule has 1 aromatic rings. The number of hydrogen-bond acceptors (Lipinski definition) is 3. The summed E-state index contributed by atoms with van der Waals surface area (Å²) < 4.78 is 0.374. The molecule has 5 nitrogen and oxygen atoms in total. The molecule has 0 aromatic carbocycles. The van der Waals surface area contributed by atoms with Crippen molar-refractivity contribution in [2.45, 2.75) is 18.9 Å². The lowest BCUT2D eigenvalue weighted by Crippen LogP contribution is -2.43. The van der Waals surface area contributed by atoms with Crippen LogP contribution in [0.5, 0.6) is 0 Å². The van der Waals surface area contributed by atoms with E-state index < -0.39 is 0 Å². The summed E-state index contributed by atoms with van der Waals surface area (Å²) in [6.45, 7) is 2.00. The molecule has 0 unspecified atom stereocenters. The Hall–Kier alpha value is -1.14. The van der Waals surface area contributed by atoms with Crippen molar-refractivity contribution in [2.24, 2.45) is 0 Å². The van der Waals surface area contributed by atoms with Gasteiger partial charge in [0.05, 0.1) is 10.0 Å². The topological polar surface area (TPSA) is 65.2 Å². The number of halogens is 1. The van der Waals surface area contributed by atoms with E-state index in [1.54, 1.807) is 6.07 Å². The van der Waals surface area contributed by atoms with E-state index in [4.69, 9.17) is 0 Å². The highest BCUT2D eigenvalue weighted by atomic mass is 79.9. The van der Waals surface area contributed by atoms with Crippen LogP contribution in [0.2, 0.25) is 0 Å². The maximum absolute atomic E-state index is 12.0. The summed E-state index contributed by atoms with van der Waals surface area (Å²) in [4.78, 5) is 27.9. The standard InChI is InChI=1S/C12H16BrN3O2/c1-16-4-2-9(3-5-16)15-11(17)8-6-10(13)12(18)14-7-8/h6-7,9H,2-5H2,1H3,(H,14,18)(H,15,17). The van der Waals surface area contributed by atoms with Gasteiger partial charge in [-0.1, -0.05) is 0 Å². The maximum atomic E-state index is 12.0. The number of aromatic nitrogens is 1. The number of pyridine rings is 1. The molecule has 98 valence electrons. The van der Waals surface area contributed by atoms with Crippen molar-refractivity contribution in [3.8, 4) is 0 Å². The van der Waals surface area contributed by atoms with Crippen molar-refractivity contribution in [1.82, 2.24) is 15.2 Å². The van der Waals surface area contributed by atoms with E-state index in [0.717, 1.165) is 25.9 Å². The number of rotatable bonds is 2. The molecule has 18 heavy (non-hydrogen) atoms. The molecule has 1 fully saturated rings. The molecule has 1 aliphatic rings. The van der Waals surface area contributed by atoms with E-state index in [1.807, 2.05) is 0 Å². The molecule has 0 bridgehead atoms. The van der Waals surface area contributed by atoms with E-state index in [0.29, 0.717) is 10.0 Å². The molecule has 1 aliphatic heterocycles. The number of H-pyrrole nitrogens is 1. The van der Waals surface area contributed by atoms with Gasteiger partial charge >= 0.3 is 0 Å². The van der Waals surface area contributed by atoms with Crippen molar-refractivity contribution in [1.29, 1.82) is 0 Å². The van der Waals surface area contributed by atoms with Gasteiger partial charge in [0.25, 0.3) is 11.5 Å². The Bertz CT molecular complexity index is 492. The lowest BCUT2D eigenvalue weighted by Gasteiger charge is -2.29.